The van der Waals surface area contributed by atoms with E-state index in [9.17, 15) is 4.79 Å². The lowest BCUT2D eigenvalue weighted by Crippen LogP contribution is -2.41. The predicted molar refractivity (Wildman–Crippen MR) is 115 cm³/mol. The van der Waals surface area contributed by atoms with Crippen molar-refractivity contribution in [3.63, 3.8) is 0 Å². The maximum atomic E-state index is 12.4. The smallest absolute Gasteiger partial charge is 0.315 e. The number of methoxy groups -OCH3 is 1. The average molecular weight is 393 g/mol. The molecular formula is C23H28N4O2. The molecule has 1 aromatic heterocycles. The summed E-state index contributed by atoms with van der Waals surface area (Å²) in [6.07, 6.45) is 0.731. The van der Waals surface area contributed by atoms with Crippen molar-refractivity contribution in [2.45, 2.75) is 39.8 Å². The zero-order valence-corrected chi connectivity index (χ0v) is 17.4. The molecule has 6 heteroatoms. The molecule has 29 heavy (non-hydrogen) atoms. The van der Waals surface area contributed by atoms with Gasteiger partial charge in [-0.3, -0.25) is 0 Å². The first-order valence-electron chi connectivity index (χ1n) is 9.75. The third-order valence-electron chi connectivity index (χ3n) is 4.92. The van der Waals surface area contributed by atoms with Crippen LogP contribution in [-0.4, -0.2) is 29.0 Å². The monoisotopic (exact) mass is 392 g/mol. The summed E-state index contributed by atoms with van der Waals surface area (Å²) >= 11 is 0. The molecule has 0 saturated carbocycles. The highest BCUT2D eigenvalue weighted by Crippen LogP contribution is 2.18. The standard InChI is InChI=1S/C23H28N4O2/c1-16(13-19-9-8-12-21(14-19)29-4)25-23(28)24-15-22-17(2)26-27(18(22)3)20-10-6-5-7-11-20/h5-12,14,16H,13,15H2,1-4H3,(H2,24,25,28). The van der Waals surface area contributed by atoms with E-state index >= 15 is 0 Å². The Morgan fingerprint density at radius 3 is 2.62 bits per heavy atom. The molecule has 6 nitrogen and oxygen atoms in total. The van der Waals surface area contributed by atoms with Gasteiger partial charge in [0.1, 0.15) is 5.75 Å². The number of benzene rings is 2. The molecule has 0 aliphatic rings. The fraction of sp³-hybridized carbons (Fsp3) is 0.304. The number of rotatable bonds is 7. The van der Waals surface area contributed by atoms with Gasteiger partial charge in [0.15, 0.2) is 0 Å². The number of ether oxygens (including phenoxy) is 1. The molecule has 3 rings (SSSR count). The van der Waals surface area contributed by atoms with E-state index in [0.717, 1.165) is 40.4 Å². The minimum Gasteiger partial charge on any atom is -0.497 e. The van der Waals surface area contributed by atoms with Crippen molar-refractivity contribution < 1.29 is 9.53 Å². The summed E-state index contributed by atoms with van der Waals surface area (Å²) in [7, 11) is 1.65. The molecule has 1 unspecified atom stereocenters. The van der Waals surface area contributed by atoms with Crippen molar-refractivity contribution in [2.24, 2.45) is 0 Å². The molecular weight excluding hydrogens is 364 g/mol. The van der Waals surface area contributed by atoms with Gasteiger partial charge in [-0.25, -0.2) is 9.48 Å². The molecule has 0 fully saturated rings. The third-order valence-corrected chi connectivity index (χ3v) is 4.92. The molecule has 3 aromatic rings. The Morgan fingerprint density at radius 1 is 1.14 bits per heavy atom. The third kappa shape index (κ3) is 5.16. The van der Waals surface area contributed by atoms with Crippen LogP contribution in [0.25, 0.3) is 5.69 Å². The number of para-hydroxylation sites is 1. The number of hydrogen-bond donors (Lipinski definition) is 2. The van der Waals surface area contributed by atoms with E-state index in [-0.39, 0.29) is 12.1 Å². The normalized spacial score (nSPS) is 11.7. The highest BCUT2D eigenvalue weighted by molar-refractivity contribution is 5.74. The highest BCUT2D eigenvalue weighted by atomic mass is 16.5. The Kier molecular flexibility index (Phi) is 6.54. The SMILES string of the molecule is COc1cccc(CC(C)NC(=O)NCc2c(C)nn(-c3ccccc3)c2C)c1. The Bertz CT molecular complexity index is 966. The zero-order valence-electron chi connectivity index (χ0n) is 17.4. The lowest BCUT2D eigenvalue weighted by Gasteiger charge is -2.15. The van der Waals surface area contributed by atoms with Gasteiger partial charge in [0.25, 0.3) is 0 Å². The van der Waals surface area contributed by atoms with Crippen molar-refractivity contribution in [1.29, 1.82) is 0 Å². The van der Waals surface area contributed by atoms with Gasteiger partial charge in [0, 0.05) is 23.8 Å². The summed E-state index contributed by atoms with van der Waals surface area (Å²) in [5.41, 5.74) is 5.10. The van der Waals surface area contributed by atoms with Gasteiger partial charge in [0.2, 0.25) is 0 Å². The first-order valence-corrected chi connectivity index (χ1v) is 9.75. The van der Waals surface area contributed by atoms with Crippen LogP contribution in [0.5, 0.6) is 5.75 Å². The van der Waals surface area contributed by atoms with E-state index < -0.39 is 0 Å². The average Bonchev–Trinajstić information content (AvgIpc) is 3.00. The molecule has 1 heterocycles. The Hall–Kier alpha value is -3.28. The van der Waals surface area contributed by atoms with Crippen molar-refractivity contribution in [3.8, 4) is 11.4 Å². The van der Waals surface area contributed by atoms with Crippen LogP contribution < -0.4 is 15.4 Å². The van der Waals surface area contributed by atoms with Crippen LogP contribution in [0.3, 0.4) is 0 Å². The minimum absolute atomic E-state index is 0.00339. The van der Waals surface area contributed by atoms with Crippen LogP contribution in [0, 0.1) is 13.8 Å². The van der Waals surface area contributed by atoms with Crippen molar-refractivity contribution in [3.05, 3.63) is 77.1 Å². The number of carbonyl (C=O) groups excluding carboxylic acids is 1. The maximum Gasteiger partial charge on any atom is 0.315 e. The van der Waals surface area contributed by atoms with Crippen LogP contribution >= 0.6 is 0 Å². The molecule has 2 amide bonds. The second-order valence-corrected chi connectivity index (χ2v) is 7.18. The second-order valence-electron chi connectivity index (χ2n) is 7.18. The van der Waals surface area contributed by atoms with Crippen LogP contribution in [-0.2, 0) is 13.0 Å². The summed E-state index contributed by atoms with van der Waals surface area (Å²) in [5.74, 6) is 0.820. The zero-order chi connectivity index (χ0) is 20.8. The van der Waals surface area contributed by atoms with Crippen LogP contribution in [0.2, 0.25) is 0 Å². The van der Waals surface area contributed by atoms with Crippen LogP contribution in [0.15, 0.2) is 54.6 Å². The predicted octanol–water partition coefficient (Wildman–Crippen LogP) is 3.93. The molecule has 0 aliphatic heterocycles. The topological polar surface area (TPSA) is 68.2 Å². The van der Waals surface area contributed by atoms with Crippen molar-refractivity contribution in [2.75, 3.05) is 7.11 Å². The summed E-state index contributed by atoms with van der Waals surface area (Å²) in [6, 6.07) is 17.7. The quantitative estimate of drug-likeness (QED) is 0.640. The number of carbonyl (C=O) groups is 1. The first-order chi connectivity index (χ1) is 14.0. The fourth-order valence-corrected chi connectivity index (χ4v) is 3.40. The summed E-state index contributed by atoms with van der Waals surface area (Å²) in [4.78, 5) is 12.4. The lowest BCUT2D eigenvalue weighted by atomic mass is 10.1. The van der Waals surface area contributed by atoms with Crippen LogP contribution in [0.4, 0.5) is 4.79 Å². The van der Waals surface area contributed by atoms with Gasteiger partial charge in [0.05, 0.1) is 18.5 Å². The Balaban J connectivity index is 1.57. The highest BCUT2D eigenvalue weighted by Gasteiger charge is 2.14. The minimum atomic E-state index is -0.188. The number of aryl methyl sites for hydroxylation is 1. The molecule has 1 atom stereocenters. The van der Waals surface area contributed by atoms with Gasteiger partial charge in [-0.2, -0.15) is 5.10 Å². The summed E-state index contributed by atoms with van der Waals surface area (Å²) in [5, 5.41) is 10.6. The van der Waals surface area contributed by atoms with Gasteiger partial charge in [-0.15, -0.1) is 0 Å². The van der Waals surface area contributed by atoms with E-state index in [4.69, 9.17) is 4.74 Å². The van der Waals surface area contributed by atoms with Gasteiger partial charge in [-0.1, -0.05) is 30.3 Å². The molecule has 2 N–H and O–H groups in total. The van der Waals surface area contributed by atoms with E-state index in [1.165, 1.54) is 0 Å². The van der Waals surface area contributed by atoms with Gasteiger partial charge >= 0.3 is 6.03 Å². The van der Waals surface area contributed by atoms with E-state index in [2.05, 4.69) is 15.7 Å². The fourth-order valence-electron chi connectivity index (χ4n) is 3.40. The number of aromatic nitrogens is 2. The molecule has 0 spiro atoms. The maximum absolute atomic E-state index is 12.4. The van der Waals surface area contributed by atoms with E-state index in [1.54, 1.807) is 7.11 Å². The molecule has 0 bridgehead atoms. The summed E-state index contributed by atoms with van der Waals surface area (Å²) in [6.45, 7) is 6.41. The molecule has 0 saturated heterocycles. The van der Waals surface area contributed by atoms with E-state index in [0.29, 0.717) is 6.54 Å². The number of nitrogens with zero attached hydrogens (tertiary/aromatic N) is 2. The van der Waals surface area contributed by atoms with Gasteiger partial charge in [-0.05, 0) is 57.0 Å². The molecule has 2 aromatic carbocycles. The Morgan fingerprint density at radius 2 is 1.90 bits per heavy atom. The largest absolute Gasteiger partial charge is 0.497 e. The lowest BCUT2D eigenvalue weighted by molar-refractivity contribution is 0.237. The van der Waals surface area contributed by atoms with Crippen molar-refractivity contribution >= 4 is 6.03 Å². The first kappa shape index (κ1) is 20.5. The molecule has 0 aliphatic carbocycles. The second kappa shape index (κ2) is 9.28. The van der Waals surface area contributed by atoms with Crippen LogP contribution in [0.1, 0.15) is 29.4 Å². The van der Waals surface area contributed by atoms with Crippen molar-refractivity contribution in [1.82, 2.24) is 20.4 Å². The van der Waals surface area contributed by atoms with E-state index in [1.807, 2.05) is 80.1 Å². The summed E-state index contributed by atoms with van der Waals surface area (Å²) < 4.78 is 7.17. The van der Waals surface area contributed by atoms with Gasteiger partial charge < -0.3 is 15.4 Å². The molecule has 152 valence electrons. The number of nitrogens with one attached hydrogen (secondary N) is 2. The number of hydrogen-bond acceptors (Lipinski definition) is 3. The Labute approximate surface area is 171 Å². The number of urea groups is 1. The number of amides is 2. The molecule has 0 radical (unpaired) electrons.